The lowest BCUT2D eigenvalue weighted by atomic mass is 9.78. The molecule has 1 aliphatic carbocycles. The van der Waals surface area contributed by atoms with Crippen molar-refractivity contribution < 1.29 is 9.90 Å². The molecule has 2 aromatic carbocycles. The molecule has 0 heterocycles. The second-order valence-electron chi connectivity index (χ2n) is 4.96. The van der Waals surface area contributed by atoms with Gasteiger partial charge in [0.05, 0.1) is 10.0 Å². The van der Waals surface area contributed by atoms with Gasteiger partial charge in [-0.1, -0.05) is 29.3 Å². The summed E-state index contributed by atoms with van der Waals surface area (Å²) in [5, 5.41) is 10.7. The summed E-state index contributed by atoms with van der Waals surface area (Å²) in [5.74, 6) is 0.351. The quantitative estimate of drug-likeness (QED) is 0.821. The molecule has 0 amide bonds. The van der Waals surface area contributed by atoms with Crippen LogP contribution in [0.4, 0.5) is 0 Å². The molecule has 20 heavy (non-hydrogen) atoms. The maximum Gasteiger partial charge on any atom is 0.163 e. The number of fused-ring (bicyclic) bond motifs is 1. The second-order valence-corrected chi connectivity index (χ2v) is 5.77. The van der Waals surface area contributed by atoms with E-state index in [0.717, 1.165) is 11.1 Å². The summed E-state index contributed by atoms with van der Waals surface area (Å²) >= 11 is 12.0. The molecule has 0 saturated carbocycles. The monoisotopic (exact) mass is 306 g/mol. The van der Waals surface area contributed by atoms with E-state index in [1.165, 1.54) is 0 Å². The minimum Gasteiger partial charge on any atom is -0.508 e. The number of phenols is 1. The van der Waals surface area contributed by atoms with E-state index in [1.807, 2.05) is 12.1 Å². The van der Waals surface area contributed by atoms with Crippen LogP contribution in [0.2, 0.25) is 10.0 Å². The van der Waals surface area contributed by atoms with E-state index in [0.29, 0.717) is 28.5 Å². The fourth-order valence-electron chi connectivity index (χ4n) is 2.73. The number of carbonyl (C=O) groups excluding carboxylic acids is 1. The number of rotatable bonds is 1. The Kier molecular flexibility index (Phi) is 3.45. The Bertz CT molecular complexity index is 695. The predicted molar refractivity (Wildman–Crippen MR) is 80.0 cm³/mol. The number of hydrogen-bond acceptors (Lipinski definition) is 2. The highest BCUT2D eigenvalue weighted by Gasteiger charge is 2.27. The highest BCUT2D eigenvalue weighted by molar-refractivity contribution is 6.42. The minimum atomic E-state index is 0.0598. The predicted octanol–water partition coefficient (Wildman–Crippen LogP) is 4.81. The molecular weight excluding hydrogens is 295 g/mol. The minimum absolute atomic E-state index is 0.0598. The van der Waals surface area contributed by atoms with Crippen LogP contribution in [0.5, 0.6) is 5.75 Å². The summed E-state index contributed by atoms with van der Waals surface area (Å²) in [6, 6.07) is 10.4. The van der Waals surface area contributed by atoms with Crippen molar-refractivity contribution in [3.63, 3.8) is 0 Å². The number of Topliss-reactive ketones (excluding diaryl/α,β-unsaturated/α-hetero) is 1. The fraction of sp³-hybridized carbons (Fsp3) is 0.188. The molecule has 0 spiro atoms. The molecule has 4 heteroatoms. The van der Waals surface area contributed by atoms with Gasteiger partial charge >= 0.3 is 0 Å². The molecule has 2 aromatic rings. The third kappa shape index (κ3) is 2.30. The Morgan fingerprint density at radius 1 is 1.05 bits per heavy atom. The van der Waals surface area contributed by atoms with Crippen LogP contribution in [0, 0.1) is 0 Å². The van der Waals surface area contributed by atoms with Crippen molar-refractivity contribution in [2.75, 3.05) is 0 Å². The summed E-state index contributed by atoms with van der Waals surface area (Å²) in [6.45, 7) is 0. The van der Waals surface area contributed by atoms with E-state index in [4.69, 9.17) is 23.2 Å². The average molecular weight is 307 g/mol. The number of halogens is 2. The van der Waals surface area contributed by atoms with Gasteiger partial charge in [-0.25, -0.2) is 0 Å². The maximum absolute atomic E-state index is 12.0. The van der Waals surface area contributed by atoms with Crippen molar-refractivity contribution >= 4 is 29.0 Å². The van der Waals surface area contributed by atoms with E-state index in [-0.39, 0.29) is 17.5 Å². The van der Waals surface area contributed by atoms with E-state index in [1.54, 1.807) is 24.3 Å². The second kappa shape index (κ2) is 5.12. The zero-order chi connectivity index (χ0) is 14.3. The van der Waals surface area contributed by atoms with Gasteiger partial charge < -0.3 is 5.11 Å². The lowest BCUT2D eigenvalue weighted by Gasteiger charge is -2.25. The fourth-order valence-corrected chi connectivity index (χ4v) is 3.04. The van der Waals surface area contributed by atoms with Crippen LogP contribution < -0.4 is 0 Å². The molecule has 0 aliphatic heterocycles. The maximum atomic E-state index is 12.0. The standard InChI is InChI=1S/C16H12Cl2O2/c17-14-5-1-9(7-15(14)18)11-4-6-16(20)12-3-2-10(19)8-13(11)12/h1-3,5,7-8,11,19H,4,6H2. The van der Waals surface area contributed by atoms with Gasteiger partial charge in [0.15, 0.2) is 5.78 Å². The summed E-state index contributed by atoms with van der Waals surface area (Å²) < 4.78 is 0. The summed E-state index contributed by atoms with van der Waals surface area (Å²) in [5.41, 5.74) is 2.56. The van der Waals surface area contributed by atoms with Crippen LogP contribution in [0.15, 0.2) is 36.4 Å². The molecule has 1 aliphatic rings. The van der Waals surface area contributed by atoms with E-state index >= 15 is 0 Å². The SMILES string of the molecule is O=C1CCC(c2ccc(Cl)c(Cl)c2)c2cc(O)ccc21. The van der Waals surface area contributed by atoms with Gasteiger partial charge in [-0.3, -0.25) is 4.79 Å². The van der Waals surface area contributed by atoms with Crippen LogP contribution in [0.1, 0.15) is 40.2 Å². The molecule has 0 aromatic heterocycles. The van der Waals surface area contributed by atoms with Crippen molar-refractivity contribution in [3.8, 4) is 5.75 Å². The average Bonchev–Trinajstić information content (AvgIpc) is 2.42. The molecular formula is C16H12Cl2O2. The molecule has 102 valence electrons. The smallest absolute Gasteiger partial charge is 0.163 e. The number of phenolic OH excluding ortho intramolecular Hbond substituents is 1. The molecule has 0 radical (unpaired) electrons. The first kappa shape index (κ1) is 13.5. The molecule has 3 rings (SSSR count). The largest absolute Gasteiger partial charge is 0.508 e. The highest BCUT2D eigenvalue weighted by atomic mass is 35.5. The van der Waals surface area contributed by atoms with Gasteiger partial charge in [0.1, 0.15) is 5.75 Å². The van der Waals surface area contributed by atoms with E-state index in [9.17, 15) is 9.90 Å². The third-order valence-corrected chi connectivity index (χ3v) is 4.46. The number of hydrogen-bond donors (Lipinski definition) is 1. The normalized spacial score (nSPS) is 17.9. The Balaban J connectivity index is 2.12. The first-order valence-corrected chi connectivity index (χ1v) is 7.13. The van der Waals surface area contributed by atoms with E-state index in [2.05, 4.69) is 0 Å². The zero-order valence-electron chi connectivity index (χ0n) is 10.6. The van der Waals surface area contributed by atoms with Crippen molar-refractivity contribution in [3.05, 3.63) is 63.1 Å². The zero-order valence-corrected chi connectivity index (χ0v) is 12.1. The lowest BCUT2D eigenvalue weighted by Crippen LogP contribution is -2.16. The van der Waals surface area contributed by atoms with Crippen LogP contribution in [-0.4, -0.2) is 10.9 Å². The van der Waals surface area contributed by atoms with Crippen LogP contribution in [-0.2, 0) is 0 Å². The first-order chi connectivity index (χ1) is 9.56. The Labute approximate surface area is 127 Å². The lowest BCUT2D eigenvalue weighted by molar-refractivity contribution is 0.0969. The Morgan fingerprint density at radius 3 is 2.60 bits per heavy atom. The molecule has 0 saturated heterocycles. The number of carbonyl (C=O) groups is 1. The summed E-state index contributed by atoms with van der Waals surface area (Å²) in [6.07, 6.45) is 1.22. The summed E-state index contributed by atoms with van der Waals surface area (Å²) in [7, 11) is 0. The number of benzene rings is 2. The van der Waals surface area contributed by atoms with Gasteiger partial charge in [-0.05, 0) is 47.9 Å². The van der Waals surface area contributed by atoms with Crippen LogP contribution >= 0.6 is 23.2 Å². The topological polar surface area (TPSA) is 37.3 Å². The molecule has 1 N–H and O–H groups in total. The Morgan fingerprint density at radius 2 is 1.85 bits per heavy atom. The molecule has 1 unspecified atom stereocenters. The van der Waals surface area contributed by atoms with Gasteiger partial charge in [0.25, 0.3) is 0 Å². The third-order valence-electron chi connectivity index (χ3n) is 3.72. The molecule has 1 atom stereocenters. The molecule has 2 nitrogen and oxygen atoms in total. The van der Waals surface area contributed by atoms with Crippen molar-refractivity contribution in [2.45, 2.75) is 18.8 Å². The highest BCUT2D eigenvalue weighted by Crippen LogP contribution is 2.39. The van der Waals surface area contributed by atoms with Crippen LogP contribution in [0.3, 0.4) is 0 Å². The number of aromatic hydroxyl groups is 1. The van der Waals surface area contributed by atoms with Crippen molar-refractivity contribution in [2.24, 2.45) is 0 Å². The van der Waals surface area contributed by atoms with Gasteiger partial charge in [-0.15, -0.1) is 0 Å². The first-order valence-electron chi connectivity index (χ1n) is 6.37. The van der Waals surface area contributed by atoms with Crippen molar-refractivity contribution in [1.82, 2.24) is 0 Å². The number of ketones is 1. The van der Waals surface area contributed by atoms with Gasteiger partial charge in [-0.2, -0.15) is 0 Å². The Hall–Kier alpha value is -1.51. The summed E-state index contributed by atoms with van der Waals surface area (Å²) in [4.78, 5) is 12.0. The van der Waals surface area contributed by atoms with Crippen LogP contribution in [0.25, 0.3) is 0 Å². The van der Waals surface area contributed by atoms with Gasteiger partial charge in [0.2, 0.25) is 0 Å². The molecule has 0 fully saturated rings. The van der Waals surface area contributed by atoms with Gasteiger partial charge in [0, 0.05) is 17.9 Å². The molecule has 0 bridgehead atoms. The van der Waals surface area contributed by atoms with Crippen molar-refractivity contribution in [1.29, 1.82) is 0 Å². The van der Waals surface area contributed by atoms with E-state index < -0.39 is 0 Å².